The molecule has 30 heavy (non-hydrogen) atoms. The van der Waals surface area contributed by atoms with Crippen LogP contribution >= 0.6 is 0 Å². The molecule has 2 fully saturated rings. The maximum atomic E-state index is 11.9. The second-order valence-electron chi connectivity index (χ2n) is 9.07. The molecule has 166 valence electrons. The number of ether oxygens (including phenoxy) is 1. The number of aliphatic imine (C=N–C) groups is 1. The summed E-state index contributed by atoms with van der Waals surface area (Å²) in [5, 5.41) is 6.86. The van der Waals surface area contributed by atoms with Gasteiger partial charge in [0.15, 0.2) is 5.96 Å². The van der Waals surface area contributed by atoms with Gasteiger partial charge in [-0.05, 0) is 51.8 Å². The predicted molar refractivity (Wildman–Crippen MR) is 122 cm³/mol. The fourth-order valence-electron chi connectivity index (χ4n) is 4.21. The van der Waals surface area contributed by atoms with Crippen LogP contribution in [-0.4, -0.2) is 67.7 Å². The quantitative estimate of drug-likeness (QED) is 0.551. The Morgan fingerprint density at radius 1 is 1.17 bits per heavy atom. The minimum Gasteiger partial charge on any atom is -0.373 e. The molecule has 2 aliphatic heterocycles. The van der Waals surface area contributed by atoms with Crippen LogP contribution in [0.2, 0.25) is 0 Å². The van der Waals surface area contributed by atoms with Gasteiger partial charge in [0.25, 0.3) is 0 Å². The topological polar surface area (TPSA) is 69.2 Å². The summed E-state index contributed by atoms with van der Waals surface area (Å²) >= 11 is 0. The van der Waals surface area contributed by atoms with Crippen molar-refractivity contribution in [1.82, 2.24) is 15.5 Å². The van der Waals surface area contributed by atoms with E-state index < -0.39 is 0 Å². The monoisotopic (exact) mass is 415 g/mol. The molecule has 0 saturated carbocycles. The number of hydrogen-bond donors (Lipinski definition) is 2. The molecule has 0 radical (unpaired) electrons. The third kappa shape index (κ3) is 5.73. The second kappa shape index (κ2) is 9.79. The minimum absolute atomic E-state index is 0.00612. The number of rotatable bonds is 6. The lowest BCUT2D eigenvalue weighted by Gasteiger charge is -2.45. The molecule has 7 nitrogen and oxygen atoms in total. The maximum Gasteiger partial charge on any atom is 0.227 e. The Kier molecular flexibility index (Phi) is 7.36. The average Bonchev–Trinajstić information content (AvgIpc) is 3.13. The number of guanidine groups is 1. The molecule has 0 aliphatic carbocycles. The molecule has 0 aromatic heterocycles. The van der Waals surface area contributed by atoms with Crippen LogP contribution in [0.3, 0.4) is 0 Å². The first-order chi connectivity index (χ1) is 14.3. The summed E-state index contributed by atoms with van der Waals surface area (Å²) in [5.74, 6) is 1.01. The van der Waals surface area contributed by atoms with E-state index in [4.69, 9.17) is 4.74 Å². The minimum atomic E-state index is -0.00612. The van der Waals surface area contributed by atoms with Crippen LogP contribution in [0.15, 0.2) is 29.3 Å². The molecule has 2 unspecified atom stereocenters. The molecule has 2 atom stereocenters. The van der Waals surface area contributed by atoms with Crippen LogP contribution in [0.4, 0.5) is 5.69 Å². The van der Waals surface area contributed by atoms with Gasteiger partial charge in [-0.15, -0.1) is 0 Å². The highest BCUT2D eigenvalue weighted by Gasteiger charge is 2.33. The van der Waals surface area contributed by atoms with Crippen molar-refractivity contribution < 1.29 is 9.53 Å². The smallest absolute Gasteiger partial charge is 0.227 e. The maximum absolute atomic E-state index is 11.9. The number of carbonyl (C=O) groups excluding carboxylic acids is 1. The Morgan fingerprint density at radius 3 is 2.40 bits per heavy atom. The number of amides is 1. The molecule has 1 aromatic carbocycles. The summed E-state index contributed by atoms with van der Waals surface area (Å²) in [6.45, 7) is 13.0. The van der Waals surface area contributed by atoms with Gasteiger partial charge in [-0.2, -0.15) is 0 Å². The molecule has 3 rings (SSSR count). The van der Waals surface area contributed by atoms with Crippen molar-refractivity contribution in [1.29, 1.82) is 0 Å². The molecule has 2 saturated heterocycles. The number of anilines is 1. The van der Waals surface area contributed by atoms with Gasteiger partial charge in [-0.1, -0.05) is 12.1 Å². The summed E-state index contributed by atoms with van der Waals surface area (Å²) in [4.78, 5) is 20.6. The van der Waals surface area contributed by atoms with Gasteiger partial charge in [0.2, 0.25) is 5.91 Å². The molecule has 2 aliphatic rings. The summed E-state index contributed by atoms with van der Waals surface area (Å²) in [7, 11) is 1.79. The molecule has 0 bridgehead atoms. The van der Waals surface area contributed by atoms with Crippen molar-refractivity contribution in [3.63, 3.8) is 0 Å². The van der Waals surface area contributed by atoms with Crippen LogP contribution in [0, 0.1) is 0 Å². The van der Waals surface area contributed by atoms with Crippen molar-refractivity contribution in [2.75, 3.05) is 38.1 Å². The van der Waals surface area contributed by atoms with Gasteiger partial charge in [0.1, 0.15) is 0 Å². The standard InChI is InChI=1S/C23H37N5O2/c1-17-14-27(15-18(2)30-17)23(3,4)16-26-22(24-5)25-13-19-8-10-20(11-9-19)28-12-6-7-21(28)29/h8-11,17-18H,6-7,12-16H2,1-5H3,(H2,24,25,26). The lowest BCUT2D eigenvalue weighted by atomic mass is 10.00. The molecule has 1 aromatic rings. The van der Waals surface area contributed by atoms with Gasteiger partial charge in [-0.25, -0.2) is 0 Å². The first-order valence-corrected chi connectivity index (χ1v) is 11.0. The fraction of sp³-hybridized carbons (Fsp3) is 0.652. The first kappa shape index (κ1) is 22.6. The summed E-state index contributed by atoms with van der Waals surface area (Å²) in [6, 6.07) is 8.20. The van der Waals surface area contributed by atoms with E-state index in [-0.39, 0.29) is 23.7 Å². The van der Waals surface area contributed by atoms with Crippen molar-refractivity contribution in [3.8, 4) is 0 Å². The van der Waals surface area contributed by atoms with Crippen LogP contribution in [0.5, 0.6) is 0 Å². The van der Waals surface area contributed by atoms with Crippen LogP contribution < -0.4 is 15.5 Å². The first-order valence-electron chi connectivity index (χ1n) is 11.0. The van der Waals surface area contributed by atoms with Crippen molar-refractivity contribution in [3.05, 3.63) is 29.8 Å². The Bertz CT molecular complexity index is 736. The van der Waals surface area contributed by atoms with Crippen molar-refractivity contribution in [2.24, 2.45) is 4.99 Å². The van der Waals surface area contributed by atoms with E-state index in [1.54, 1.807) is 7.05 Å². The molecular formula is C23H37N5O2. The van der Waals surface area contributed by atoms with Crippen LogP contribution in [0.25, 0.3) is 0 Å². The second-order valence-corrected chi connectivity index (χ2v) is 9.07. The highest BCUT2D eigenvalue weighted by atomic mass is 16.5. The predicted octanol–water partition coefficient (Wildman–Crippen LogP) is 2.37. The number of morpholine rings is 1. The number of hydrogen-bond acceptors (Lipinski definition) is 4. The molecule has 2 heterocycles. The third-order valence-electron chi connectivity index (χ3n) is 5.97. The Labute approximate surface area is 180 Å². The zero-order valence-corrected chi connectivity index (χ0v) is 19.1. The van der Waals surface area contributed by atoms with E-state index in [0.717, 1.165) is 49.8 Å². The Hall–Kier alpha value is -2.12. The van der Waals surface area contributed by atoms with Gasteiger partial charge < -0.3 is 20.3 Å². The highest BCUT2D eigenvalue weighted by Crippen LogP contribution is 2.22. The Morgan fingerprint density at radius 2 is 1.83 bits per heavy atom. The number of nitrogens with zero attached hydrogens (tertiary/aromatic N) is 3. The molecule has 1 amide bonds. The van der Waals surface area contributed by atoms with Crippen LogP contribution in [0.1, 0.15) is 46.1 Å². The van der Waals surface area contributed by atoms with Gasteiger partial charge in [-0.3, -0.25) is 14.7 Å². The van der Waals surface area contributed by atoms with E-state index in [1.165, 1.54) is 0 Å². The molecule has 0 spiro atoms. The summed E-state index contributed by atoms with van der Waals surface area (Å²) < 4.78 is 5.87. The SMILES string of the molecule is CN=C(NCc1ccc(N2CCCC2=O)cc1)NCC(C)(C)N1CC(C)OC(C)C1. The van der Waals surface area contributed by atoms with E-state index >= 15 is 0 Å². The summed E-state index contributed by atoms with van der Waals surface area (Å²) in [6.07, 6.45) is 2.11. The number of benzene rings is 1. The largest absolute Gasteiger partial charge is 0.373 e. The Balaban J connectivity index is 1.49. The zero-order chi connectivity index (χ0) is 21.7. The van der Waals surface area contributed by atoms with Gasteiger partial charge in [0.05, 0.1) is 12.2 Å². The lowest BCUT2D eigenvalue weighted by molar-refractivity contribution is -0.117. The lowest BCUT2D eigenvalue weighted by Crippen LogP contribution is -2.59. The zero-order valence-electron chi connectivity index (χ0n) is 19.1. The third-order valence-corrected chi connectivity index (χ3v) is 5.97. The van der Waals surface area contributed by atoms with E-state index in [9.17, 15) is 4.79 Å². The fourth-order valence-corrected chi connectivity index (χ4v) is 4.21. The number of carbonyl (C=O) groups is 1. The van der Waals surface area contributed by atoms with E-state index in [1.807, 2.05) is 17.0 Å². The summed E-state index contributed by atoms with van der Waals surface area (Å²) in [5.41, 5.74) is 2.14. The molecular weight excluding hydrogens is 378 g/mol. The average molecular weight is 416 g/mol. The van der Waals surface area contributed by atoms with Crippen molar-refractivity contribution >= 4 is 17.6 Å². The highest BCUT2D eigenvalue weighted by molar-refractivity contribution is 5.95. The molecule has 7 heteroatoms. The van der Waals surface area contributed by atoms with Gasteiger partial charge >= 0.3 is 0 Å². The van der Waals surface area contributed by atoms with E-state index in [2.05, 4.69) is 60.4 Å². The van der Waals surface area contributed by atoms with Crippen molar-refractivity contribution in [2.45, 2.75) is 64.8 Å². The van der Waals surface area contributed by atoms with E-state index in [0.29, 0.717) is 13.0 Å². The number of nitrogens with one attached hydrogen (secondary N) is 2. The van der Waals surface area contributed by atoms with Gasteiger partial charge in [0, 0.05) is 57.4 Å². The van der Waals surface area contributed by atoms with Crippen LogP contribution in [-0.2, 0) is 16.1 Å². The normalized spacial score (nSPS) is 23.7. The molecule has 2 N–H and O–H groups in total.